The van der Waals surface area contributed by atoms with Gasteiger partial charge in [0.05, 0.1) is 11.4 Å². The normalized spacial score (nSPS) is 19.4. The summed E-state index contributed by atoms with van der Waals surface area (Å²) in [5.41, 5.74) is 1.89. The minimum atomic E-state index is -0.245. The number of amides is 1. The van der Waals surface area contributed by atoms with E-state index < -0.39 is 0 Å². The van der Waals surface area contributed by atoms with E-state index in [1.54, 1.807) is 11.3 Å². The zero-order valence-electron chi connectivity index (χ0n) is 13.7. The van der Waals surface area contributed by atoms with Gasteiger partial charge in [-0.1, -0.05) is 13.8 Å². The van der Waals surface area contributed by atoms with Crippen LogP contribution >= 0.6 is 11.3 Å². The van der Waals surface area contributed by atoms with Crippen LogP contribution in [0.4, 0.5) is 5.13 Å². The molecule has 0 unspecified atom stereocenters. The molecule has 23 heavy (non-hydrogen) atoms. The van der Waals surface area contributed by atoms with Crippen LogP contribution in [0.2, 0.25) is 0 Å². The average Bonchev–Trinajstić information content (AvgIpc) is 3.13. The Hall–Kier alpha value is -1.69. The third kappa shape index (κ3) is 2.69. The van der Waals surface area contributed by atoms with Crippen molar-refractivity contribution in [2.45, 2.75) is 64.2 Å². The highest BCUT2D eigenvalue weighted by Crippen LogP contribution is 2.41. The number of carbonyl (C=O) groups is 1. The summed E-state index contributed by atoms with van der Waals surface area (Å²) >= 11 is 1.59. The van der Waals surface area contributed by atoms with Crippen molar-refractivity contribution in [3.05, 3.63) is 27.9 Å². The summed E-state index contributed by atoms with van der Waals surface area (Å²) < 4.78 is 5.67. The second-order valence-electron chi connectivity index (χ2n) is 7.22. The molecule has 0 bridgehead atoms. The Morgan fingerprint density at radius 3 is 2.83 bits per heavy atom. The van der Waals surface area contributed by atoms with Crippen molar-refractivity contribution in [1.29, 1.82) is 0 Å². The van der Waals surface area contributed by atoms with Crippen LogP contribution in [0.25, 0.3) is 0 Å². The Balaban J connectivity index is 1.56. The van der Waals surface area contributed by atoms with Gasteiger partial charge in [0.15, 0.2) is 11.0 Å². The first-order valence-corrected chi connectivity index (χ1v) is 9.04. The zero-order chi connectivity index (χ0) is 16.2. The highest BCUT2D eigenvalue weighted by atomic mass is 32.1. The highest BCUT2D eigenvalue weighted by Gasteiger charge is 2.33. The summed E-state index contributed by atoms with van der Waals surface area (Å²) in [4.78, 5) is 22.8. The molecule has 0 spiro atoms. The van der Waals surface area contributed by atoms with Crippen LogP contribution in [-0.4, -0.2) is 15.9 Å². The van der Waals surface area contributed by atoms with Gasteiger partial charge in [0.25, 0.3) is 5.91 Å². The average molecular weight is 331 g/mol. The molecule has 1 saturated carbocycles. The van der Waals surface area contributed by atoms with E-state index in [1.165, 1.54) is 11.3 Å². The Morgan fingerprint density at radius 1 is 1.35 bits per heavy atom. The van der Waals surface area contributed by atoms with Gasteiger partial charge >= 0.3 is 0 Å². The molecule has 1 amide bonds. The minimum Gasteiger partial charge on any atom is -0.435 e. The quantitative estimate of drug-likeness (QED) is 0.916. The summed E-state index contributed by atoms with van der Waals surface area (Å²) in [7, 11) is 0. The number of aromatic nitrogens is 2. The number of fused-ring (bicyclic) bond motifs is 1. The summed E-state index contributed by atoms with van der Waals surface area (Å²) in [5.74, 6) is 1.18. The number of hydrogen-bond acceptors (Lipinski definition) is 5. The number of carbonyl (C=O) groups excluding carboxylic acids is 1. The molecule has 4 rings (SSSR count). The third-order valence-corrected chi connectivity index (χ3v) is 5.74. The SMILES string of the molecule is Cc1nc(C2CC2)oc1C(=O)Nc1nc2c(s1)CCCC2(C)C. The predicted molar refractivity (Wildman–Crippen MR) is 89.2 cm³/mol. The molecule has 2 aromatic rings. The van der Waals surface area contributed by atoms with Gasteiger partial charge in [-0.25, -0.2) is 9.97 Å². The van der Waals surface area contributed by atoms with Gasteiger partial charge in [0.1, 0.15) is 0 Å². The van der Waals surface area contributed by atoms with Crippen LogP contribution < -0.4 is 5.32 Å². The standard InChI is InChI=1S/C17H21N3O2S/c1-9-12(22-15(18-9)10-6-7-10)14(21)20-16-19-13-11(23-16)5-4-8-17(13,2)3/h10H,4-8H2,1-3H3,(H,19,20,21). The van der Waals surface area contributed by atoms with E-state index in [0.29, 0.717) is 28.4 Å². The molecule has 0 atom stereocenters. The fraction of sp³-hybridized carbons (Fsp3) is 0.588. The van der Waals surface area contributed by atoms with Gasteiger partial charge in [0.2, 0.25) is 5.76 Å². The molecule has 0 aromatic carbocycles. The zero-order valence-corrected chi connectivity index (χ0v) is 14.5. The highest BCUT2D eigenvalue weighted by molar-refractivity contribution is 7.15. The van der Waals surface area contributed by atoms with Gasteiger partial charge in [-0.3, -0.25) is 10.1 Å². The van der Waals surface area contributed by atoms with E-state index in [-0.39, 0.29) is 11.3 Å². The molecule has 1 N–H and O–H groups in total. The molecule has 2 aromatic heterocycles. The van der Waals surface area contributed by atoms with Gasteiger partial charge in [-0.15, -0.1) is 11.3 Å². The molecule has 0 aliphatic heterocycles. The molecule has 5 nitrogen and oxygen atoms in total. The van der Waals surface area contributed by atoms with E-state index in [4.69, 9.17) is 4.42 Å². The van der Waals surface area contributed by atoms with E-state index in [9.17, 15) is 4.79 Å². The minimum absolute atomic E-state index is 0.0916. The molecule has 2 heterocycles. The van der Waals surface area contributed by atoms with Crippen LogP contribution in [0.1, 0.15) is 78.2 Å². The predicted octanol–water partition coefficient (Wildman–Crippen LogP) is 4.18. The van der Waals surface area contributed by atoms with Crippen molar-refractivity contribution < 1.29 is 9.21 Å². The first-order valence-electron chi connectivity index (χ1n) is 8.23. The Morgan fingerprint density at radius 2 is 2.13 bits per heavy atom. The van der Waals surface area contributed by atoms with Crippen molar-refractivity contribution >= 4 is 22.4 Å². The fourth-order valence-corrected chi connectivity index (χ4v) is 4.38. The van der Waals surface area contributed by atoms with Gasteiger partial charge in [-0.05, 0) is 39.0 Å². The van der Waals surface area contributed by atoms with Gasteiger partial charge in [0, 0.05) is 16.2 Å². The van der Waals surface area contributed by atoms with Crippen molar-refractivity contribution in [1.82, 2.24) is 9.97 Å². The molecule has 1 fully saturated rings. The van der Waals surface area contributed by atoms with Gasteiger partial charge in [-0.2, -0.15) is 0 Å². The maximum atomic E-state index is 12.5. The third-order valence-electron chi connectivity index (χ3n) is 4.71. The molecular weight excluding hydrogens is 310 g/mol. The second-order valence-corrected chi connectivity index (χ2v) is 8.31. The van der Waals surface area contributed by atoms with Crippen LogP contribution in [-0.2, 0) is 11.8 Å². The van der Waals surface area contributed by atoms with Crippen LogP contribution in [0.3, 0.4) is 0 Å². The van der Waals surface area contributed by atoms with E-state index >= 15 is 0 Å². The largest absolute Gasteiger partial charge is 0.435 e. The number of aryl methyl sites for hydroxylation is 2. The van der Waals surface area contributed by atoms with Crippen molar-refractivity contribution in [3.8, 4) is 0 Å². The first kappa shape index (κ1) is 14.9. The number of nitrogens with zero attached hydrogens (tertiary/aromatic N) is 2. The summed E-state index contributed by atoms with van der Waals surface area (Å²) in [6.07, 6.45) is 5.59. The van der Waals surface area contributed by atoms with Crippen LogP contribution in [0.15, 0.2) is 4.42 Å². The number of rotatable bonds is 3. The Kier molecular flexibility index (Phi) is 3.34. The smallest absolute Gasteiger partial charge is 0.295 e. The fourth-order valence-electron chi connectivity index (χ4n) is 3.20. The summed E-state index contributed by atoms with van der Waals surface area (Å²) in [6.45, 7) is 6.26. The number of thiazole rings is 1. The van der Waals surface area contributed by atoms with E-state index in [1.807, 2.05) is 6.92 Å². The molecular formula is C17H21N3O2S. The van der Waals surface area contributed by atoms with E-state index in [2.05, 4.69) is 29.1 Å². The Bertz CT molecular complexity index is 771. The lowest BCUT2D eigenvalue weighted by molar-refractivity contribution is 0.0994. The number of hydrogen-bond donors (Lipinski definition) is 1. The number of oxazole rings is 1. The molecule has 2 aliphatic carbocycles. The van der Waals surface area contributed by atoms with E-state index in [0.717, 1.165) is 31.4 Å². The van der Waals surface area contributed by atoms with Crippen LogP contribution in [0.5, 0.6) is 0 Å². The van der Waals surface area contributed by atoms with Gasteiger partial charge < -0.3 is 4.42 Å². The first-order chi connectivity index (χ1) is 10.9. The summed E-state index contributed by atoms with van der Waals surface area (Å²) in [6, 6.07) is 0. The maximum absolute atomic E-state index is 12.5. The maximum Gasteiger partial charge on any atom is 0.295 e. The monoisotopic (exact) mass is 331 g/mol. The molecule has 6 heteroatoms. The molecule has 122 valence electrons. The Labute approximate surface area is 139 Å². The number of anilines is 1. The lowest BCUT2D eigenvalue weighted by Gasteiger charge is -2.27. The lowest BCUT2D eigenvalue weighted by atomic mass is 9.79. The van der Waals surface area contributed by atoms with Crippen LogP contribution in [0, 0.1) is 6.92 Å². The second kappa shape index (κ2) is 5.16. The lowest BCUT2D eigenvalue weighted by Crippen LogP contribution is -2.23. The topological polar surface area (TPSA) is 68.0 Å². The van der Waals surface area contributed by atoms with Crippen molar-refractivity contribution in [2.24, 2.45) is 0 Å². The number of nitrogens with one attached hydrogen (secondary N) is 1. The molecule has 0 radical (unpaired) electrons. The van der Waals surface area contributed by atoms with Crippen molar-refractivity contribution in [3.63, 3.8) is 0 Å². The molecule has 2 aliphatic rings. The summed E-state index contributed by atoms with van der Waals surface area (Å²) in [5, 5.41) is 3.57. The van der Waals surface area contributed by atoms with Crippen molar-refractivity contribution in [2.75, 3.05) is 5.32 Å². The molecule has 0 saturated heterocycles.